The summed E-state index contributed by atoms with van der Waals surface area (Å²) in [6, 6.07) is 3.88. The zero-order valence-electron chi connectivity index (χ0n) is 18.5. The fraction of sp³-hybridized carbons (Fsp3) is 0.524. The van der Waals surface area contributed by atoms with Crippen LogP contribution in [0.15, 0.2) is 24.5 Å². The van der Waals surface area contributed by atoms with Crippen molar-refractivity contribution in [3.05, 3.63) is 30.4 Å². The standard InChI is InChI=1S/C21H28N8O2S/c1-26-17(15-27-6-8-29(9-7-27)32(2)30)23-18-20(26)24-19(16-4-3-5-22-14-16)25-21(18)28-10-12-31-13-11-28/h3-5,14H,6-13,15H2,1-2H3. The maximum Gasteiger partial charge on any atom is 0.166 e. The van der Waals surface area contributed by atoms with Crippen LogP contribution in [0.5, 0.6) is 0 Å². The highest BCUT2D eigenvalue weighted by atomic mass is 32.2. The topological polar surface area (TPSA) is 92.5 Å². The van der Waals surface area contributed by atoms with Crippen LogP contribution in [-0.4, -0.2) is 96.7 Å². The molecular weight excluding hydrogens is 428 g/mol. The van der Waals surface area contributed by atoms with Crippen LogP contribution in [0.4, 0.5) is 5.82 Å². The molecule has 32 heavy (non-hydrogen) atoms. The molecule has 0 amide bonds. The van der Waals surface area contributed by atoms with Gasteiger partial charge in [0.25, 0.3) is 0 Å². The molecule has 5 rings (SSSR count). The number of nitrogens with zero attached hydrogens (tertiary/aromatic N) is 8. The molecule has 0 N–H and O–H groups in total. The maximum atomic E-state index is 11.7. The second-order valence-corrected chi connectivity index (χ2v) is 9.46. The van der Waals surface area contributed by atoms with E-state index in [1.54, 1.807) is 18.6 Å². The van der Waals surface area contributed by atoms with E-state index in [9.17, 15) is 4.21 Å². The molecule has 0 aromatic carbocycles. The van der Waals surface area contributed by atoms with Crippen molar-refractivity contribution in [3.63, 3.8) is 0 Å². The number of aromatic nitrogens is 5. The van der Waals surface area contributed by atoms with Crippen molar-refractivity contribution in [2.75, 3.05) is 63.6 Å². The minimum absolute atomic E-state index is 0.653. The molecule has 170 valence electrons. The lowest BCUT2D eigenvalue weighted by Gasteiger charge is -2.32. The molecule has 0 bridgehead atoms. The van der Waals surface area contributed by atoms with E-state index >= 15 is 0 Å². The average molecular weight is 457 g/mol. The number of hydrogen-bond donors (Lipinski definition) is 0. The predicted molar refractivity (Wildman–Crippen MR) is 123 cm³/mol. The van der Waals surface area contributed by atoms with E-state index in [0.717, 1.165) is 74.2 Å². The first-order valence-electron chi connectivity index (χ1n) is 10.9. The Morgan fingerprint density at radius 3 is 2.53 bits per heavy atom. The van der Waals surface area contributed by atoms with Gasteiger partial charge in [0.15, 0.2) is 22.8 Å². The maximum absolute atomic E-state index is 11.7. The van der Waals surface area contributed by atoms with Gasteiger partial charge in [-0.15, -0.1) is 0 Å². The van der Waals surface area contributed by atoms with E-state index < -0.39 is 11.0 Å². The Balaban J connectivity index is 1.50. The minimum atomic E-state index is -0.911. The third kappa shape index (κ3) is 4.25. The van der Waals surface area contributed by atoms with Crippen LogP contribution < -0.4 is 4.90 Å². The van der Waals surface area contributed by atoms with Gasteiger partial charge in [-0.2, -0.15) is 0 Å². The zero-order chi connectivity index (χ0) is 22.1. The fourth-order valence-corrected chi connectivity index (χ4v) is 4.88. The van der Waals surface area contributed by atoms with Crippen molar-refractivity contribution in [2.45, 2.75) is 6.54 Å². The minimum Gasteiger partial charge on any atom is -0.378 e. The number of morpholine rings is 1. The van der Waals surface area contributed by atoms with Crippen LogP contribution in [0, 0.1) is 0 Å². The molecule has 1 unspecified atom stereocenters. The summed E-state index contributed by atoms with van der Waals surface area (Å²) in [6.45, 7) is 6.97. The number of anilines is 1. The summed E-state index contributed by atoms with van der Waals surface area (Å²) in [5.74, 6) is 2.46. The molecule has 2 aliphatic heterocycles. The van der Waals surface area contributed by atoms with Crippen LogP contribution in [0.2, 0.25) is 0 Å². The number of imidazole rings is 1. The second kappa shape index (κ2) is 9.18. The lowest BCUT2D eigenvalue weighted by molar-refractivity contribution is 0.122. The molecular formula is C21H28N8O2S. The largest absolute Gasteiger partial charge is 0.378 e. The van der Waals surface area contributed by atoms with E-state index in [1.807, 2.05) is 23.5 Å². The Morgan fingerprint density at radius 1 is 1.06 bits per heavy atom. The molecule has 2 fully saturated rings. The molecule has 3 aromatic heterocycles. The molecule has 3 aromatic rings. The van der Waals surface area contributed by atoms with E-state index in [0.29, 0.717) is 19.0 Å². The molecule has 1 atom stereocenters. The third-order valence-electron chi connectivity index (χ3n) is 6.08. The molecule has 0 aliphatic carbocycles. The highest BCUT2D eigenvalue weighted by Crippen LogP contribution is 2.28. The molecule has 2 saturated heterocycles. The normalized spacial score (nSPS) is 19.5. The van der Waals surface area contributed by atoms with Crippen molar-refractivity contribution in [2.24, 2.45) is 7.05 Å². The number of rotatable bonds is 5. The van der Waals surface area contributed by atoms with Crippen molar-refractivity contribution < 1.29 is 8.95 Å². The Morgan fingerprint density at radius 2 is 1.84 bits per heavy atom. The second-order valence-electron chi connectivity index (χ2n) is 8.10. The van der Waals surface area contributed by atoms with Crippen LogP contribution in [0.25, 0.3) is 22.6 Å². The van der Waals surface area contributed by atoms with Gasteiger partial charge in [0.1, 0.15) is 5.82 Å². The average Bonchev–Trinajstić information content (AvgIpc) is 3.15. The van der Waals surface area contributed by atoms with Gasteiger partial charge in [-0.05, 0) is 12.1 Å². The quantitative estimate of drug-likeness (QED) is 0.553. The SMILES string of the molecule is Cn1c(CN2CCN(S(C)=O)CC2)nc2c(N3CCOCC3)nc(-c3cccnc3)nc21. The van der Waals surface area contributed by atoms with E-state index in [2.05, 4.69) is 19.4 Å². The van der Waals surface area contributed by atoms with Gasteiger partial charge >= 0.3 is 0 Å². The Kier molecular flexibility index (Phi) is 6.13. The van der Waals surface area contributed by atoms with Gasteiger partial charge in [0.05, 0.1) is 30.7 Å². The van der Waals surface area contributed by atoms with E-state index in [-0.39, 0.29) is 0 Å². The molecule has 0 radical (unpaired) electrons. The summed E-state index contributed by atoms with van der Waals surface area (Å²) in [7, 11) is 1.11. The Bertz CT molecular complexity index is 1110. The molecule has 10 nitrogen and oxygen atoms in total. The van der Waals surface area contributed by atoms with Crippen molar-refractivity contribution >= 4 is 28.0 Å². The third-order valence-corrected chi connectivity index (χ3v) is 7.18. The van der Waals surface area contributed by atoms with Gasteiger partial charge in [0, 0.05) is 70.5 Å². The highest BCUT2D eigenvalue weighted by molar-refractivity contribution is 7.81. The number of aryl methyl sites for hydroxylation is 1. The first-order valence-corrected chi connectivity index (χ1v) is 12.4. The summed E-state index contributed by atoms with van der Waals surface area (Å²) >= 11 is 0. The lowest BCUT2D eigenvalue weighted by Crippen LogP contribution is -2.46. The number of hydrogen-bond acceptors (Lipinski definition) is 8. The summed E-state index contributed by atoms with van der Waals surface area (Å²) < 4.78 is 21.4. The van der Waals surface area contributed by atoms with Crippen molar-refractivity contribution in [1.82, 2.24) is 33.7 Å². The van der Waals surface area contributed by atoms with Gasteiger partial charge in [-0.1, -0.05) is 0 Å². The predicted octanol–water partition coefficient (Wildman–Crippen LogP) is 0.673. The number of ether oxygens (including phenoxy) is 1. The first kappa shape index (κ1) is 21.4. The lowest BCUT2D eigenvalue weighted by atomic mass is 10.2. The van der Waals surface area contributed by atoms with Gasteiger partial charge in [0.2, 0.25) is 0 Å². The van der Waals surface area contributed by atoms with Crippen LogP contribution in [0.3, 0.4) is 0 Å². The van der Waals surface area contributed by atoms with Crippen LogP contribution in [0.1, 0.15) is 5.82 Å². The fourth-order valence-electron chi connectivity index (χ4n) is 4.20. The van der Waals surface area contributed by atoms with Crippen LogP contribution >= 0.6 is 0 Å². The van der Waals surface area contributed by atoms with Gasteiger partial charge < -0.3 is 14.2 Å². The molecule has 2 aliphatic rings. The van der Waals surface area contributed by atoms with Gasteiger partial charge in [-0.3, -0.25) is 9.88 Å². The number of piperazine rings is 1. The van der Waals surface area contributed by atoms with E-state index in [1.165, 1.54) is 0 Å². The van der Waals surface area contributed by atoms with Crippen molar-refractivity contribution in [1.29, 1.82) is 0 Å². The first-order chi connectivity index (χ1) is 15.6. The smallest absolute Gasteiger partial charge is 0.166 e. The van der Waals surface area contributed by atoms with Crippen LogP contribution in [-0.2, 0) is 29.3 Å². The highest BCUT2D eigenvalue weighted by Gasteiger charge is 2.25. The van der Waals surface area contributed by atoms with Gasteiger partial charge in [-0.25, -0.2) is 23.5 Å². The number of pyridine rings is 1. The molecule has 0 spiro atoms. The summed E-state index contributed by atoms with van der Waals surface area (Å²) in [6.07, 6.45) is 5.28. The summed E-state index contributed by atoms with van der Waals surface area (Å²) in [5, 5.41) is 0. The zero-order valence-corrected chi connectivity index (χ0v) is 19.3. The Hall–Kier alpha value is -2.47. The molecule has 11 heteroatoms. The van der Waals surface area contributed by atoms with Crippen molar-refractivity contribution in [3.8, 4) is 11.4 Å². The molecule has 5 heterocycles. The molecule has 0 saturated carbocycles. The van der Waals surface area contributed by atoms with E-state index in [4.69, 9.17) is 19.7 Å². The summed E-state index contributed by atoms with van der Waals surface area (Å²) in [4.78, 5) is 23.6. The Labute approximate surface area is 189 Å². The monoisotopic (exact) mass is 456 g/mol. The number of fused-ring (bicyclic) bond motifs is 1. The summed E-state index contributed by atoms with van der Waals surface area (Å²) in [5.41, 5.74) is 2.53.